The third-order valence-electron chi connectivity index (χ3n) is 3.41. The number of aromatic nitrogens is 2. The molecule has 0 bridgehead atoms. The van der Waals surface area contributed by atoms with Crippen molar-refractivity contribution in [3.05, 3.63) is 24.0 Å². The van der Waals surface area contributed by atoms with Crippen molar-refractivity contribution in [3.8, 4) is 17.2 Å². The molecule has 1 heterocycles. The average molecular weight is 245 g/mol. The number of hydrogen-bond donors (Lipinski definition) is 2. The van der Waals surface area contributed by atoms with Crippen molar-refractivity contribution >= 4 is 5.69 Å². The van der Waals surface area contributed by atoms with E-state index in [1.165, 1.54) is 18.9 Å². The monoisotopic (exact) mass is 245 g/mol. The molecule has 3 N–H and O–H groups in total. The number of rotatable bonds is 2. The lowest BCUT2D eigenvalue weighted by Crippen LogP contribution is -1.94. The maximum Gasteiger partial charge on any atom is 0.261 e. The van der Waals surface area contributed by atoms with E-state index in [0.29, 0.717) is 23.1 Å². The van der Waals surface area contributed by atoms with Gasteiger partial charge in [0.25, 0.3) is 5.89 Å². The van der Waals surface area contributed by atoms with Gasteiger partial charge in [0.1, 0.15) is 5.75 Å². The van der Waals surface area contributed by atoms with Gasteiger partial charge in [-0.2, -0.15) is 4.98 Å². The van der Waals surface area contributed by atoms with E-state index in [-0.39, 0.29) is 5.75 Å². The number of phenolic OH excluding ortho intramolecular Hbond substituents is 1. The van der Waals surface area contributed by atoms with Crippen LogP contribution in [0.25, 0.3) is 11.5 Å². The number of phenols is 1. The largest absolute Gasteiger partial charge is 0.507 e. The number of nitrogens with zero attached hydrogens (tertiary/aromatic N) is 2. The van der Waals surface area contributed by atoms with Crippen LogP contribution in [0, 0.1) is 0 Å². The zero-order valence-corrected chi connectivity index (χ0v) is 9.97. The molecule has 2 aromatic rings. The summed E-state index contributed by atoms with van der Waals surface area (Å²) in [6.45, 7) is 0. The standard InChI is InChI=1S/C13H15N3O2/c14-9-5-6-10(11(17)7-9)13-15-12(16-18-13)8-3-1-2-4-8/h5-8,17H,1-4,14H2. The minimum absolute atomic E-state index is 0.0663. The molecule has 1 saturated carbocycles. The molecule has 0 amide bonds. The molecule has 1 aromatic heterocycles. The molecule has 0 unspecified atom stereocenters. The molecule has 18 heavy (non-hydrogen) atoms. The fourth-order valence-corrected chi connectivity index (χ4v) is 2.42. The predicted molar refractivity (Wildman–Crippen MR) is 67.0 cm³/mol. The van der Waals surface area contributed by atoms with Crippen molar-refractivity contribution in [2.24, 2.45) is 0 Å². The van der Waals surface area contributed by atoms with Gasteiger partial charge in [0.05, 0.1) is 5.56 Å². The molecule has 0 spiro atoms. The minimum atomic E-state index is 0.0663. The van der Waals surface area contributed by atoms with Crippen molar-refractivity contribution in [1.82, 2.24) is 10.1 Å². The third kappa shape index (κ3) is 1.92. The third-order valence-corrected chi connectivity index (χ3v) is 3.41. The lowest BCUT2D eigenvalue weighted by Gasteiger charge is -2.01. The maximum absolute atomic E-state index is 9.81. The Morgan fingerprint density at radius 3 is 2.78 bits per heavy atom. The molecule has 1 aromatic carbocycles. The molecule has 1 aliphatic carbocycles. The van der Waals surface area contributed by atoms with Crippen LogP contribution in [0.1, 0.15) is 37.4 Å². The highest BCUT2D eigenvalue weighted by molar-refractivity contribution is 5.66. The SMILES string of the molecule is Nc1ccc(-c2nc(C3CCCC3)no2)c(O)c1. The molecular formula is C13H15N3O2. The van der Waals surface area contributed by atoms with Gasteiger partial charge in [-0.3, -0.25) is 0 Å². The van der Waals surface area contributed by atoms with E-state index in [0.717, 1.165) is 18.7 Å². The summed E-state index contributed by atoms with van der Waals surface area (Å²) < 4.78 is 5.22. The van der Waals surface area contributed by atoms with Gasteiger partial charge in [0, 0.05) is 17.7 Å². The van der Waals surface area contributed by atoms with E-state index >= 15 is 0 Å². The first kappa shape index (κ1) is 11.1. The summed E-state index contributed by atoms with van der Waals surface area (Å²) in [6.07, 6.45) is 4.68. The zero-order valence-electron chi connectivity index (χ0n) is 9.97. The summed E-state index contributed by atoms with van der Waals surface area (Å²) in [5.41, 5.74) is 6.62. The van der Waals surface area contributed by atoms with Gasteiger partial charge in [0.2, 0.25) is 0 Å². The summed E-state index contributed by atoms with van der Waals surface area (Å²) in [5, 5.41) is 13.8. The van der Waals surface area contributed by atoms with Crippen LogP contribution in [-0.2, 0) is 0 Å². The Bertz CT molecular complexity index is 559. The molecule has 0 saturated heterocycles. The molecule has 5 heteroatoms. The Morgan fingerprint density at radius 1 is 1.28 bits per heavy atom. The van der Waals surface area contributed by atoms with Gasteiger partial charge in [-0.05, 0) is 25.0 Å². The summed E-state index contributed by atoms with van der Waals surface area (Å²) >= 11 is 0. The molecule has 0 atom stereocenters. The second-order valence-electron chi connectivity index (χ2n) is 4.72. The van der Waals surface area contributed by atoms with E-state index in [1.54, 1.807) is 12.1 Å². The van der Waals surface area contributed by atoms with Gasteiger partial charge < -0.3 is 15.4 Å². The van der Waals surface area contributed by atoms with Crippen LogP contribution in [0.4, 0.5) is 5.69 Å². The molecule has 5 nitrogen and oxygen atoms in total. The first-order valence-corrected chi connectivity index (χ1v) is 6.16. The van der Waals surface area contributed by atoms with Gasteiger partial charge in [0.15, 0.2) is 5.82 Å². The number of nitrogens with two attached hydrogens (primary N) is 1. The van der Waals surface area contributed by atoms with Crippen molar-refractivity contribution < 1.29 is 9.63 Å². The highest BCUT2D eigenvalue weighted by atomic mass is 16.5. The number of hydrogen-bond acceptors (Lipinski definition) is 5. The molecule has 94 valence electrons. The van der Waals surface area contributed by atoms with E-state index in [9.17, 15) is 5.11 Å². The summed E-state index contributed by atoms with van der Waals surface area (Å²) in [7, 11) is 0. The lowest BCUT2D eigenvalue weighted by atomic mass is 10.1. The molecule has 3 rings (SSSR count). The first-order chi connectivity index (χ1) is 8.74. The van der Waals surface area contributed by atoms with E-state index < -0.39 is 0 Å². The highest BCUT2D eigenvalue weighted by Crippen LogP contribution is 2.35. The summed E-state index contributed by atoms with van der Waals surface area (Å²) in [5.74, 6) is 1.57. The smallest absolute Gasteiger partial charge is 0.261 e. The maximum atomic E-state index is 9.81. The van der Waals surface area contributed by atoms with E-state index in [4.69, 9.17) is 10.3 Å². The predicted octanol–water partition coefficient (Wildman–Crippen LogP) is 2.68. The Morgan fingerprint density at radius 2 is 2.06 bits per heavy atom. The number of anilines is 1. The van der Waals surface area contributed by atoms with Crippen LogP contribution < -0.4 is 5.73 Å². The highest BCUT2D eigenvalue weighted by Gasteiger charge is 2.23. The molecule has 1 aliphatic rings. The van der Waals surface area contributed by atoms with Crippen molar-refractivity contribution in [1.29, 1.82) is 0 Å². The Labute approximate surface area is 105 Å². The van der Waals surface area contributed by atoms with Gasteiger partial charge in [-0.1, -0.05) is 18.0 Å². The molecule has 1 fully saturated rings. The van der Waals surface area contributed by atoms with Crippen LogP contribution in [0.15, 0.2) is 22.7 Å². The fraction of sp³-hybridized carbons (Fsp3) is 0.385. The summed E-state index contributed by atoms with van der Waals surface area (Å²) in [4.78, 5) is 4.37. The van der Waals surface area contributed by atoms with Crippen LogP contribution in [-0.4, -0.2) is 15.2 Å². The normalized spacial score (nSPS) is 16.2. The second kappa shape index (κ2) is 4.33. The number of benzene rings is 1. The number of nitrogen functional groups attached to an aromatic ring is 1. The van der Waals surface area contributed by atoms with Gasteiger partial charge in [-0.15, -0.1) is 0 Å². The van der Waals surface area contributed by atoms with E-state index in [1.807, 2.05) is 0 Å². The topological polar surface area (TPSA) is 85.2 Å². The second-order valence-corrected chi connectivity index (χ2v) is 4.72. The first-order valence-electron chi connectivity index (χ1n) is 6.16. The van der Waals surface area contributed by atoms with Crippen LogP contribution in [0.3, 0.4) is 0 Å². The van der Waals surface area contributed by atoms with Crippen molar-refractivity contribution in [2.45, 2.75) is 31.6 Å². The Balaban J connectivity index is 1.92. The quantitative estimate of drug-likeness (QED) is 0.794. The fourth-order valence-electron chi connectivity index (χ4n) is 2.42. The number of aromatic hydroxyl groups is 1. The van der Waals surface area contributed by atoms with Crippen LogP contribution in [0.2, 0.25) is 0 Å². The van der Waals surface area contributed by atoms with Crippen LogP contribution >= 0.6 is 0 Å². The van der Waals surface area contributed by atoms with E-state index in [2.05, 4.69) is 10.1 Å². The molecule has 0 aliphatic heterocycles. The van der Waals surface area contributed by atoms with Crippen molar-refractivity contribution in [2.75, 3.05) is 5.73 Å². The van der Waals surface area contributed by atoms with Gasteiger partial charge >= 0.3 is 0 Å². The molecule has 0 radical (unpaired) electrons. The Kier molecular flexibility index (Phi) is 2.66. The Hall–Kier alpha value is -2.04. The zero-order chi connectivity index (χ0) is 12.5. The average Bonchev–Trinajstić information content (AvgIpc) is 2.99. The van der Waals surface area contributed by atoms with Crippen molar-refractivity contribution in [3.63, 3.8) is 0 Å². The minimum Gasteiger partial charge on any atom is -0.507 e. The lowest BCUT2D eigenvalue weighted by molar-refractivity contribution is 0.411. The van der Waals surface area contributed by atoms with Gasteiger partial charge in [-0.25, -0.2) is 0 Å². The summed E-state index contributed by atoms with van der Waals surface area (Å²) in [6, 6.07) is 4.87. The molecular weight excluding hydrogens is 230 g/mol. The van der Waals surface area contributed by atoms with Crippen LogP contribution in [0.5, 0.6) is 5.75 Å².